The number of fused-ring (bicyclic) bond motifs is 8. The van der Waals surface area contributed by atoms with E-state index in [4.69, 9.17) is 0 Å². The number of nitrogens with one attached hydrogen (secondary N) is 1. The van der Waals surface area contributed by atoms with Gasteiger partial charge in [-0.2, -0.15) is 0 Å². The minimum Gasteiger partial charge on any atom is -0.355 e. The molecule has 2 heterocycles. The summed E-state index contributed by atoms with van der Waals surface area (Å²) >= 11 is 1.96. The predicted molar refractivity (Wildman–Crippen MR) is 302 cm³/mol. The van der Waals surface area contributed by atoms with E-state index >= 15 is 0 Å². The summed E-state index contributed by atoms with van der Waals surface area (Å²) < 4.78 is 2.68. The van der Waals surface area contributed by atoms with Crippen LogP contribution in [0.25, 0.3) is 53.6 Å². The lowest BCUT2D eigenvalue weighted by atomic mass is 9.55. The molecule has 0 radical (unpaired) electrons. The van der Waals surface area contributed by atoms with Gasteiger partial charge in [0.2, 0.25) is 0 Å². The fraction of sp³-hybridized carbons (Fsp3) is 0.262. The molecule has 69 heavy (non-hydrogen) atoms. The Kier molecular flexibility index (Phi) is 10.1. The second-order valence-electron chi connectivity index (χ2n) is 23.2. The molecule has 9 aromatic rings. The molecule has 2 nitrogen and oxygen atoms in total. The Morgan fingerprint density at radius 1 is 0.478 bits per heavy atom. The van der Waals surface area contributed by atoms with E-state index in [-0.39, 0.29) is 21.7 Å². The van der Waals surface area contributed by atoms with Gasteiger partial charge in [0, 0.05) is 43.8 Å². The van der Waals surface area contributed by atoms with E-state index in [1.807, 2.05) is 11.3 Å². The highest BCUT2D eigenvalue weighted by atomic mass is 32.1. The highest BCUT2D eigenvalue weighted by Gasteiger charge is 2.42. The summed E-state index contributed by atoms with van der Waals surface area (Å²) in [5, 5.41) is 6.74. The van der Waals surface area contributed by atoms with E-state index in [9.17, 15) is 0 Å². The van der Waals surface area contributed by atoms with E-state index in [0.29, 0.717) is 0 Å². The van der Waals surface area contributed by atoms with Crippen molar-refractivity contribution in [1.82, 2.24) is 0 Å². The van der Waals surface area contributed by atoms with Crippen LogP contribution in [0.1, 0.15) is 109 Å². The molecule has 0 saturated heterocycles. The van der Waals surface area contributed by atoms with E-state index in [1.165, 1.54) is 128 Å². The molecular formula is C65H63BN2S. The lowest BCUT2D eigenvalue weighted by molar-refractivity contribution is 0.332. The van der Waals surface area contributed by atoms with Crippen molar-refractivity contribution in [2.75, 3.05) is 10.2 Å². The summed E-state index contributed by atoms with van der Waals surface area (Å²) in [6.07, 6.45) is 4.67. The van der Waals surface area contributed by atoms with E-state index in [2.05, 4.69) is 230 Å². The molecule has 0 spiro atoms. The molecule has 4 heteroatoms. The molecule has 0 bridgehead atoms. The molecular weight excluding hydrogens is 852 g/mol. The van der Waals surface area contributed by atoms with Crippen molar-refractivity contribution in [2.45, 2.75) is 110 Å². The largest absolute Gasteiger partial charge is 0.355 e. The third-order valence-electron chi connectivity index (χ3n) is 16.7. The second kappa shape index (κ2) is 15.8. The van der Waals surface area contributed by atoms with Crippen LogP contribution in [-0.2, 0) is 21.7 Å². The van der Waals surface area contributed by atoms with Gasteiger partial charge < -0.3 is 10.2 Å². The number of rotatable bonds is 6. The van der Waals surface area contributed by atoms with Gasteiger partial charge in [-0.3, -0.25) is 0 Å². The fourth-order valence-corrected chi connectivity index (χ4v) is 13.5. The van der Waals surface area contributed by atoms with Crippen molar-refractivity contribution < 1.29 is 0 Å². The lowest BCUT2D eigenvalue weighted by Crippen LogP contribution is -2.44. The Morgan fingerprint density at radius 3 is 1.65 bits per heavy atom. The van der Waals surface area contributed by atoms with Gasteiger partial charge in [-0.05, 0) is 170 Å². The SMILES string of the molecule is Cc1cc(-c2ccccc2)ccc1N1c2cc3c(cc2Bc2c(-c4cc5c(cc4Nc4ccc(-c6ccccc6)cc4)C(C)(C)CCC5(C)C)cc4c(sc5ccccc54)c21)C(C)(C)CCC3(C)C. The summed E-state index contributed by atoms with van der Waals surface area (Å²) in [5.41, 5.74) is 23.9. The first-order chi connectivity index (χ1) is 33.1. The topological polar surface area (TPSA) is 15.3 Å². The first kappa shape index (κ1) is 43.9. The number of benzene rings is 8. The average Bonchev–Trinajstić information content (AvgIpc) is 3.72. The van der Waals surface area contributed by atoms with Gasteiger partial charge in [0.1, 0.15) is 0 Å². The Morgan fingerprint density at radius 2 is 1.01 bits per heavy atom. The van der Waals surface area contributed by atoms with Crippen molar-refractivity contribution in [3.8, 4) is 33.4 Å². The van der Waals surface area contributed by atoms with Crippen LogP contribution in [0.5, 0.6) is 0 Å². The summed E-state index contributed by atoms with van der Waals surface area (Å²) in [5.74, 6) is 0. The van der Waals surface area contributed by atoms with Crippen molar-refractivity contribution in [1.29, 1.82) is 0 Å². The van der Waals surface area contributed by atoms with Crippen LogP contribution in [0.3, 0.4) is 0 Å². The number of thiophene rings is 1. The second-order valence-corrected chi connectivity index (χ2v) is 24.2. The fourth-order valence-electron chi connectivity index (χ4n) is 12.3. The van der Waals surface area contributed by atoms with Gasteiger partial charge in [0.05, 0.1) is 10.4 Å². The van der Waals surface area contributed by atoms with Gasteiger partial charge in [-0.25, -0.2) is 0 Å². The summed E-state index contributed by atoms with van der Waals surface area (Å²) in [6.45, 7) is 22.1. The smallest absolute Gasteiger partial charge is 0.198 e. The normalized spacial score (nSPS) is 17.1. The Hall–Kier alpha value is -6.36. The maximum atomic E-state index is 4.09. The van der Waals surface area contributed by atoms with Crippen LogP contribution in [0.15, 0.2) is 158 Å². The molecule has 1 aromatic heterocycles. The van der Waals surface area contributed by atoms with Gasteiger partial charge in [-0.1, -0.05) is 164 Å². The standard InChI is InChI=1S/C65H63BN2S/c1-40-34-44(42-20-14-11-15-21-42)26-29-56(40)68-57-39-53-51(63(4,5)31-33-65(53,8)9)37-54(57)66-59-48(35-49-46-22-16-17-23-58(46)69-61(49)60(59)68)47-36-50-52(64(6,7)32-30-62(50,2)3)38-55(47)67-45-27-24-43(25-28-45)41-18-12-10-13-19-41/h10-29,34-39,66-67H,30-33H2,1-9H3. The van der Waals surface area contributed by atoms with Gasteiger partial charge in [0.15, 0.2) is 7.28 Å². The summed E-state index contributed by atoms with van der Waals surface area (Å²) in [7, 11) is 0.850. The Bertz CT molecular complexity index is 3500. The molecule has 1 N–H and O–H groups in total. The molecule has 342 valence electrons. The molecule has 3 aliphatic rings. The van der Waals surface area contributed by atoms with Crippen LogP contribution in [-0.4, -0.2) is 7.28 Å². The van der Waals surface area contributed by atoms with Gasteiger partial charge in [-0.15, -0.1) is 11.3 Å². The first-order valence-corrected chi connectivity index (χ1v) is 26.1. The molecule has 0 saturated carbocycles. The minimum absolute atomic E-state index is 0.0302. The maximum Gasteiger partial charge on any atom is 0.198 e. The molecule has 1 aliphatic heterocycles. The quantitative estimate of drug-likeness (QED) is 0.167. The molecule has 0 atom stereocenters. The average molecular weight is 915 g/mol. The van der Waals surface area contributed by atoms with Crippen LogP contribution >= 0.6 is 11.3 Å². The van der Waals surface area contributed by atoms with E-state index in [1.54, 1.807) is 0 Å². The third-order valence-corrected chi connectivity index (χ3v) is 17.9. The minimum atomic E-state index is 0.0302. The number of hydrogen-bond donors (Lipinski definition) is 1. The molecule has 12 rings (SSSR count). The molecule has 8 aromatic carbocycles. The monoisotopic (exact) mass is 914 g/mol. The third kappa shape index (κ3) is 7.27. The molecule has 0 amide bonds. The van der Waals surface area contributed by atoms with E-state index in [0.717, 1.165) is 25.8 Å². The zero-order valence-electron chi connectivity index (χ0n) is 41.9. The first-order valence-electron chi connectivity index (χ1n) is 25.3. The summed E-state index contributed by atoms with van der Waals surface area (Å²) in [6, 6.07) is 59.9. The molecule has 2 aliphatic carbocycles. The van der Waals surface area contributed by atoms with Crippen molar-refractivity contribution in [2.24, 2.45) is 0 Å². The number of nitrogens with zero attached hydrogens (tertiary/aromatic N) is 1. The zero-order chi connectivity index (χ0) is 47.6. The van der Waals surface area contributed by atoms with Crippen LogP contribution in [0.4, 0.5) is 28.4 Å². The van der Waals surface area contributed by atoms with Crippen LogP contribution < -0.4 is 21.1 Å². The van der Waals surface area contributed by atoms with E-state index < -0.39 is 0 Å². The predicted octanol–water partition coefficient (Wildman–Crippen LogP) is 17.0. The zero-order valence-corrected chi connectivity index (χ0v) is 42.7. The summed E-state index contributed by atoms with van der Waals surface area (Å²) in [4.78, 5) is 2.71. The van der Waals surface area contributed by atoms with Crippen LogP contribution in [0.2, 0.25) is 0 Å². The van der Waals surface area contributed by atoms with Crippen molar-refractivity contribution in [3.05, 3.63) is 186 Å². The Balaban J connectivity index is 1.16. The van der Waals surface area contributed by atoms with Gasteiger partial charge >= 0.3 is 0 Å². The van der Waals surface area contributed by atoms with Crippen LogP contribution in [0, 0.1) is 6.92 Å². The molecule has 0 unspecified atom stereocenters. The number of aryl methyl sites for hydroxylation is 1. The number of hydrogen-bond acceptors (Lipinski definition) is 3. The molecule has 0 fully saturated rings. The number of anilines is 5. The highest BCUT2D eigenvalue weighted by Crippen LogP contribution is 2.54. The van der Waals surface area contributed by atoms with Crippen molar-refractivity contribution >= 4 is 78.2 Å². The highest BCUT2D eigenvalue weighted by molar-refractivity contribution is 7.26. The lowest BCUT2D eigenvalue weighted by Gasteiger charge is -2.44. The van der Waals surface area contributed by atoms with Crippen molar-refractivity contribution in [3.63, 3.8) is 0 Å². The maximum absolute atomic E-state index is 4.09. The Labute approximate surface area is 414 Å². The van der Waals surface area contributed by atoms with Gasteiger partial charge in [0.25, 0.3) is 0 Å².